The average molecular weight is 1040 g/mol. The van der Waals surface area contributed by atoms with E-state index in [1.807, 2.05) is 0 Å². The standard InChI is InChI=1S/C68H130O6/c1-2-3-4-5-6-7-8-9-10-11-12-13-14-15-16-17-18-19-20-21-22-23-24-25-26-27-28-29-30-31-32-33-34-35-36-37-38-39-40-41-42-43-44-45-46-47-48-49-50-51-52-53-54-55-56-57-58-59-65-60-66(71)73-63-68(61-69,62-70)64-74-67(65)72/h9-10,65,69-70H,2-8,11-64H2,1H3/b10-9+. The molecule has 6 heteroatoms. The largest absolute Gasteiger partial charge is 0.465 e. The Kier molecular flexibility index (Phi) is 55.1. The lowest BCUT2D eigenvalue weighted by Gasteiger charge is -2.27. The third-order valence-electron chi connectivity index (χ3n) is 16.8. The maximum absolute atomic E-state index is 12.6. The van der Waals surface area contributed by atoms with Gasteiger partial charge in [-0.05, 0) is 32.1 Å². The zero-order valence-electron chi connectivity index (χ0n) is 49.9. The molecule has 1 unspecified atom stereocenters. The van der Waals surface area contributed by atoms with Crippen LogP contribution in [0.4, 0.5) is 0 Å². The van der Waals surface area contributed by atoms with Crippen LogP contribution in [0, 0.1) is 11.3 Å². The molecule has 0 aromatic rings. The van der Waals surface area contributed by atoms with Gasteiger partial charge in [0.1, 0.15) is 13.2 Å². The molecule has 1 heterocycles. The highest BCUT2D eigenvalue weighted by Gasteiger charge is 2.36. The molecule has 0 bridgehead atoms. The zero-order chi connectivity index (χ0) is 53.2. The molecule has 0 aromatic carbocycles. The number of carbonyl (C=O) groups is 2. The van der Waals surface area contributed by atoms with Crippen LogP contribution in [0.5, 0.6) is 0 Å². The molecule has 74 heavy (non-hydrogen) atoms. The third kappa shape index (κ3) is 48.9. The van der Waals surface area contributed by atoms with E-state index in [2.05, 4.69) is 19.1 Å². The molecule has 2 N–H and O–H groups in total. The Balaban J connectivity index is 1.66. The summed E-state index contributed by atoms with van der Waals surface area (Å²) in [7, 11) is 0. The van der Waals surface area contributed by atoms with Gasteiger partial charge in [0.25, 0.3) is 0 Å². The first-order valence-corrected chi connectivity index (χ1v) is 33.8. The summed E-state index contributed by atoms with van der Waals surface area (Å²) in [5.74, 6) is -1.40. The Hall–Kier alpha value is -1.40. The minimum absolute atomic E-state index is 0.00523. The quantitative estimate of drug-likeness (QED) is 0.0358. The van der Waals surface area contributed by atoms with E-state index in [-0.39, 0.29) is 19.6 Å². The van der Waals surface area contributed by atoms with Crippen LogP contribution >= 0.6 is 0 Å². The molecule has 0 spiro atoms. The van der Waals surface area contributed by atoms with E-state index < -0.39 is 36.5 Å². The summed E-state index contributed by atoms with van der Waals surface area (Å²) >= 11 is 0. The SMILES string of the molecule is CCCCCCCC/C=C/CCCCCCCCCCCCCCCCCCCCCCCCCCCCCCCCCCCCCCCCCCCCCCCCCC1CC(=O)OCC(CO)(CO)COC1=O. The highest BCUT2D eigenvalue weighted by Crippen LogP contribution is 2.25. The van der Waals surface area contributed by atoms with Crippen molar-refractivity contribution in [3.05, 3.63) is 12.2 Å². The molecule has 0 aliphatic carbocycles. The van der Waals surface area contributed by atoms with Gasteiger partial charge in [0.15, 0.2) is 0 Å². The average Bonchev–Trinajstić information content (AvgIpc) is 3.47. The second kappa shape index (κ2) is 57.8. The molecule has 6 nitrogen and oxygen atoms in total. The maximum Gasteiger partial charge on any atom is 0.309 e. The molecule has 1 aliphatic rings. The lowest BCUT2D eigenvalue weighted by molar-refractivity contribution is -0.155. The molecule has 1 atom stereocenters. The Labute approximate surface area is 462 Å². The Morgan fingerprint density at radius 2 is 0.581 bits per heavy atom. The minimum Gasteiger partial charge on any atom is -0.465 e. The first-order chi connectivity index (χ1) is 36.6. The van der Waals surface area contributed by atoms with Gasteiger partial charge in [-0.15, -0.1) is 0 Å². The third-order valence-corrected chi connectivity index (χ3v) is 16.8. The smallest absolute Gasteiger partial charge is 0.309 e. The van der Waals surface area contributed by atoms with Gasteiger partial charge in [-0.1, -0.05) is 347 Å². The van der Waals surface area contributed by atoms with Crippen LogP contribution < -0.4 is 0 Å². The number of ether oxygens (including phenoxy) is 2. The van der Waals surface area contributed by atoms with E-state index in [0.29, 0.717) is 6.42 Å². The molecule has 438 valence electrons. The summed E-state index contributed by atoms with van der Waals surface area (Å²) in [5, 5.41) is 19.2. The fourth-order valence-electron chi connectivity index (χ4n) is 11.3. The molecule has 0 saturated carbocycles. The summed E-state index contributed by atoms with van der Waals surface area (Å²) in [6.07, 6.45) is 83.1. The molecular weight excluding hydrogens is 913 g/mol. The van der Waals surface area contributed by atoms with E-state index in [1.165, 1.54) is 334 Å². The predicted octanol–water partition coefficient (Wildman–Crippen LogP) is 21.5. The maximum atomic E-state index is 12.6. The highest BCUT2D eigenvalue weighted by atomic mass is 16.6. The number of aliphatic hydroxyl groups excluding tert-OH is 2. The first kappa shape index (κ1) is 70.6. The minimum atomic E-state index is -1.12. The van der Waals surface area contributed by atoms with Gasteiger partial charge < -0.3 is 19.7 Å². The first-order valence-electron chi connectivity index (χ1n) is 33.8. The van der Waals surface area contributed by atoms with Crippen LogP contribution in [0.25, 0.3) is 0 Å². The van der Waals surface area contributed by atoms with E-state index in [9.17, 15) is 19.8 Å². The summed E-state index contributed by atoms with van der Waals surface area (Å²) in [4.78, 5) is 24.8. The van der Waals surface area contributed by atoms with Crippen LogP contribution in [0.1, 0.15) is 373 Å². The Morgan fingerprint density at radius 1 is 0.351 bits per heavy atom. The van der Waals surface area contributed by atoms with Crippen LogP contribution in [0.15, 0.2) is 12.2 Å². The van der Waals surface area contributed by atoms with Gasteiger partial charge in [-0.2, -0.15) is 0 Å². The molecule has 0 radical (unpaired) electrons. The van der Waals surface area contributed by atoms with Gasteiger partial charge >= 0.3 is 11.9 Å². The van der Waals surface area contributed by atoms with Crippen LogP contribution in [-0.4, -0.2) is 48.6 Å². The number of carbonyl (C=O) groups excluding carboxylic acids is 2. The lowest BCUT2D eigenvalue weighted by atomic mass is 9.92. The summed E-state index contributed by atoms with van der Waals surface area (Å²) in [6.45, 7) is 1.20. The monoisotopic (exact) mass is 1040 g/mol. The van der Waals surface area contributed by atoms with E-state index >= 15 is 0 Å². The molecule has 1 saturated heterocycles. The van der Waals surface area contributed by atoms with Crippen LogP contribution in [-0.2, 0) is 19.1 Å². The second-order valence-electron chi connectivity index (χ2n) is 24.2. The van der Waals surface area contributed by atoms with Gasteiger partial charge in [-0.3, -0.25) is 9.59 Å². The fourth-order valence-corrected chi connectivity index (χ4v) is 11.3. The molecule has 1 rings (SSSR count). The predicted molar refractivity (Wildman–Crippen MR) is 320 cm³/mol. The van der Waals surface area contributed by atoms with Gasteiger partial charge in [-0.25, -0.2) is 0 Å². The number of aliphatic hydroxyl groups is 2. The molecule has 0 amide bonds. The summed E-state index contributed by atoms with van der Waals surface area (Å²) in [5.41, 5.74) is -1.12. The number of unbranched alkanes of at least 4 members (excludes halogenated alkanes) is 53. The van der Waals surface area contributed by atoms with Crippen molar-refractivity contribution >= 4 is 11.9 Å². The number of esters is 2. The topological polar surface area (TPSA) is 93.1 Å². The van der Waals surface area contributed by atoms with Gasteiger partial charge in [0.2, 0.25) is 0 Å². The van der Waals surface area contributed by atoms with Crippen LogP contribution in [0.2, 0.25) is 0 Å². The molecule has 1 aliphatic heterocycles. The number of allylic oxidation sites excluding steroid dienone is 2. The van der Waals surface area contributed by atoms with Crippen molar-refractivity contribution in [3.8, 4) is 0 Å². The van der Waals surface area contributed by atoms with Crippen molar-refractivity contribution < 1.29 is 29.3 Å². The number of hydrogen-bond acceptors (Lipinski definition) is 6. The van der Waals surface area contributed by atoms with Crippen molar-refractivity contribution in [2.75, 3.05) is 26.4 Å². The van der Waals surface area contributed by atoms with Crippen molar-refractivity contribution in [1.82, 2.24) is 0 Å². The Bertz CT molecular complexity index is 1160. The highest BCUT2D eigenvalue weighted by molar-refractivity contribution is 5.80. The molecule has 1 fully saturated rings. The van der Waals surface area contributed by atoms with Crippen LogP contribution in [0.3, 0.4) is 0 Å². The second-order valence-corrected chi connectivity index (χ2v) is 24.2. The van der Waals surface area contributed by atoms with E-state index in [1.54, 1.807) is 0 Å². The van der Waals surface area contributed by atoms with Crippen molar-refractivity contribution in [2.45, 2.75) is 373 Å². The number of rotatable bonds is 59. The van der Waals surface area contributed by atoms with Gasteiger partial charge in [0.05, 0.1) is 31.0 Å². The number of cyclic esters (lactones) is 2. The molecular formula is C68H130O6. The van der Waals surface area contributed by atoms with Crippen molar-refractivity contribution in [2.24, 2.45) is 11.3 Å². The summed E-state index contributed by atoms with van der Waals surface area (Å²) < 4.78 is 10.6. The van der Waals surface area contributed by atoms with E-state index in [4.69, 9.17) is 9.47 Å². The Morgan fingerprint density at radius 3 is 0.838 bits per heavy atom. The van der Waals surface area contributed by atoms with Crippen molar-refractivity contribution in [3.63, 3.8) is 0 Å². The number of hydrogen-bond donors (Lipinski definition) is 2. The van der Waals surface area contributed by atoms with Gasteiger partial charge in [0, 0.05) is 0 Å². The summed E-state index contributed by atoms with van der Waals surface area (Å²) in [6, 6.07) is 0. The zero-order valence-corrected chi connectivity index (χ0v) is 49.9. The molecule has 0 aromatic heterocycles. The van der Waals surface area contributed by atoms with Crippen molar-refractivity contribution in [1.29, 1.82) is 0 Å². The normalized spacial score (nSPS) is 15.1. The van der Waals surface area contributed by atoms with E-state index in [0.717, 1.165) is 19.3 Å². The fraction of sp³-hybridized carbons (Fsp3) is 0.941. The lowest BCUT2D eigenvalue weighted by Crippen LogP contribution is -2.40.